The van der Waals surface area contributed by atoms with Gasteiger partial charge in [-0.3, -0.25) is 14.7 Å². The zero-order valence-corrected chi connectivity index (χ0v) is 14.4. The van der Waals surface area contributed by atoms with Gasteiger partial charge in [-0.25, -0.2) is 9.97 Å². The number of nitrogens with one attached hydrogen (secondary N) is 1. The highest BCUT2D eigenvalue weighted by Crippen LogP contribution is 2.23. The predicted octanol–water partition coefficient (Wildman–Crippen LogP) is -0.782. The predicted molar refractivity (Wildman–Crippen MR) is 91.4 cm³/mol. The third-order valence-electron chi connectivity index (χ3n) is 4.27. The molecule has 2 atom stereocenters. The van der Waals surface area contributed by atoms with Gasteiger partial charge < -0.3 is 20.3 Å². The number of hydrogen-bond acceptors (Lipinski definition) is 8. The van der Waals surface area contributed by atoms with Crippen molar-refractivity contribution in [1.82, 2.24) is 25.2 Å². The summed E-state index contributed by atoms with van der Waals surface area (Å²) < 4.78 is 4.92. The third kappa shape index (κ3) is 4.13. The summed E-state index contributed by atoms with van der Waals surface area (Å²) in [6.07, 6.45) is 3.81. The van der Waals surface area contributed by atoms with E-state index in [1.807, 2.05) is 4.90 Å². The van der Waals surface area contributed by atoms with Crippen LogP contribution >= 0.6 is 0 Å². The van der Waals surface area contributed by atoms with Crippen LogP contribution in [0.25, 0.3) is 0 Å². The monoisotopic (exact) mass is 359 g/mol. The Hall–Kier alpha value is -2.62. The number of ether oxygens (including phenoxy) is 1. The second-order valence-corrected chi connectivity index (χ2v) is 6.26. The van der Waals surface area contributed by atoms with Gasteiger partial charge in [0.05, 0.1) is 19.8 Å². The molecule has 26 heavy (non-hydrogen) atoms. The first-order valence-electron chi connectivity index (χ1n) is 8.17. The highest BCUT2D eigenvalue weighted by Gasteiger charge is 2.44. The fraction of sp³-hybridized carbons (Fsp3) is 0.412. The minimum Gasteiger partial charge on any atom is -0.467 e. The molecule has 1 saturated heterocycles. The molecule has 9 nitrogen and oxygen atoms in total. The maximum atomic E-state index is 12.1. The van der Waals surface area contributed by atoms with Crippen LogP contribution in [0.4, 0.5) is 0 Å². The molecule has 138 valence electrons. The minimum absolute atomic E-state index is 0.0703. The van der Waals surface area contributed by atoms with Crippen molar-refractivity contribution in [3.63, 3.8) is 0 Å². The Balaban J connectivity index is 1.57. The smallest absolute Gasteiger partial charge is 0.316 e. The molecule has 1 fully saturated rings. The van der Waals surface area contributed by atoms with Crippen molar-refractivity contribution in [2.75, 3.05) is 26.7 Å². The standard InChI is InChI=1S/C17H21N5O4/c1-26-16-19-6-12(7-20-16)8-22-9-14(23)17(25,11-22)10-21-15(24)13-4-2-3-5-18-13/h2-7,14,23,25H,8-11H2,1H3,(H,21,24)/t14-,17+/m1/s1. The maximum absolute atomic E-state index is 12.1. The number of likely N-dealkylation sites (tertiary alicyclic amines) is 1. The van der Waals surface area contributed by atoms with Crippen LogP contribution in [0.5, 0.6) is 6.01 Å². The Morgan fingerprint density at radius 3 is 2.81 bits per heavy atom. The number of carbonyl (C=O) groups is 1. The fourth-order valence-corrected chi connectivity index (χ4v) is 2.87. The number of aromatic nitrogens is 3. The lowest BCUT2D eigenvalue weighted by Crippen LogP contribution is -2.51. The first-order valence-corrected chi connectivity index (χ1v) is 8.17. The number of hydrogen-bond donors (Lipinski definition) is 3. The van der Waals surface area contributed by atoms with Crippen molar-refractivity contribution in [1.29, 1.82) is 0 Å². The molecule has 1 aliphatic rings. The Bertz CT molecular complexity index is 743. The number of aliphatic hydroxyl groups is 2. The van der Waals surface area contributed by atoms with Crippen LogP contribution in [0, 0.1) is 0 Å². The minimum atomic E-state index is -1.43. The zero-order valence-electron chi connectivity index (χ0n) is 14.4. The molecule has 2 aromatic rings. The molecule has 0 bridgehead atoms. The zero-order chi connectivity index (χ0) is 18.6. The number of nitrogens with zero attached hydrogens (tertiary/aromatic N) is 4. The summed E-state index contributed by atoms with van der Waals surface area (Å²) >= 11 is 0. The molecule has 0 radical (unpaired) electrons. The van der Waals surface area contributed by atoms with E-state index in [4.69, 9.17) is 4.74 Å². The second-order valence-electron chi connectivity index (χ2n) is 6.26. The SMILES string of the molecule is COc1ncc(CN2C[C@@H](O)[C@](O)(CNC(=O)c3ccccn3)C2)cn1. The molecule has 0 unspecified atom stereocenters. The summed E-state index contributed by atoms with van der Waals surface area (Å²) in [6, 6.07) is 5.29. The van der Waals surface area contributed by atoms with E-state index in [1.54, 1.807) is 30.6 Å². The lowest BCUT2D eigenvalue weighted by molar-refractivity contribution is -0.0377. The van der Waals surface area contributed by atoms with Gasteiger partial charge in [0.15, 0.2) is 0 Å². The highest BCUT2D eigenvalue weighted by atomic mass is 16.5. The molecule has 2 aromatic heterocycles. The summed E-state index contributed by atoms with van der Waals surface area (Å²) in [4.78, 5) is 26.0. The first-order chi connectivity index (χ1) is 12.5. The number of β-amino-alcohol motifs (C(OH)–C–C–N with tert-alkyl or cyclic N) is 2. The van der Waals surface area contributed by atoms with Gasteiger partial charge in [0.1, 0.15) is 11.3 Å². The number of pyridine rings is 1. The number of aliphatic hydroxyl groups excluding tert-OH is 1. The van der Waals surface area contributed by atoms with E-state index in [2.05, 4.69) is 20.3 Å². The van der Waals surface area contributed by atoms with Gasteiger partial charge in [-0.15, -0.1) is 0 Å². The quantitative estimate of drug-likeness (QED) is 0.614. The van der Waals surface area contributed by atoms with Gasteiger partial charge in [0.2, 0.25) is 0 Å². The normalized spacial score (nSPS) is 23.0. The molecular weight excluding hydrogens is 338 g/mol. The van der Waals surface area contributed by atoms with Crippen molar-refractivity contribution in [3.05, 3.63) is 48.0 Å². The fourth-order valence-electron chi connectivity index (χ4n) is 2.87. The molecule has 1 amide bonds. The molecular formula is C17H21N5O4. The Kier molecular flexibility index (Phi) is 5.40. The van der Waals surface area contributed by atoms with E-state index in [9.17, 15) is 15.0 Å². The molecule has 1 aliphatic heterocycles. The van der Waals surface area contributed by atoms with Crippen LogP contribution in [-0.2, 0) is 6.54 Å². The van der Waals surface area contributed by atoms with E-state index >= 15 is 0 Å². The molecule has 3 rings (SSSR count). The summed E-state index contributed by atoms with van der Waals surface area (Å²) in [5, 5.41) is 23.6. The van der Waals surface area contributed by atoms with E-state index in [0.717, 1.165) is 5.56 Å². The summed E-state index contributed by atoms with van der Waals surface area (Å²) in [7, 11) is 1.49. The van der Waals surface area contributed by atoms with Crippen molar-refractivity contribution in [2.24, 2.45) is 0 Å². The van der Waals surface area contributed by atoms with Crippen LogP contribution < -0.4 is 10.1 Å². The van der Waals surface area contributed by atoms with Gasteiger partial charge in [0.25, 0.3) is 5.91 Å². The lowest BCUT2D eigenvalue weighted by Gasteiger charge is -2.26. The van der Waals surface area contributed by atoms with E-state index < -0.39 is 17.6 Å². The van der Waals surface area contributed by atoms with Crippen LogP contribution in [0.2, 0.25) is 0 Å². The first kappa shape index (κ1) is 18.2. The summed E-state index contributed by atoms with van der Waals surface area (Å²) in [6.45, 7) is 0.890. The Morgan fingerprint density at radius 1 is 1.38 bits per heavy atom. The molecule has 0 saturated carbocycles. The highest BCUT2D eigenvalue weighted by molar-refractivity contribution is 5.92. The van der Waals surface area contributed by atoms with Crippen molar-refractivity contribution < 1.29 is 19.7 Å². The lowest BCUT2D eigenvalue weighted by atomic mass is 10.0. The number of amides is 1. The van der Waals surface area contributed by atoms with Crippen LogP contribution in [0.1, 0.15) is 16.1 Å². The van der Waals surface area contributed by atoms with Gasteiger partial charge in [-0.1, -0.05) is 6.07 Å². The van der Waals surface area contributed by atoms with Crippen LogP contribution in [0.15, 0.2) is 36.8 Å². The Labute approximate surface area is 150 Å². The molecule has 3 N–H and O–H groups in total. The topological polar surface area (TPSA) is 121 Å². The maximum Gasteiger partial charge on any atom is 0.316 e. The van der Waals surface area contributed by atoms with Gasteiger partial charge >= 0.3 is 6.01 Å². The molecule has 0 spiro atoms. The third-order valence-corrected chi connectivity index (χ3v) is 4.27. The Morgan fingerprint density at radius 2 is 2.15 bits per heavy atom. The molecule has 3 heterocycles. The van der Waals surface area contributed by atoms with E-state index in [-0.39, 0.29) is 31.3 Å². The number of methoxy groups -OCH3 is 1. The van der Waals surface area contributed by atoms with Crippen LogP contribution in [0.3, 0.4) is 0 Å². The largest absolute Gasteiger partial charge is 0.467 e. The average molecular weight is 359 g/mol. The van der Waals surface area contributed by atoms with E-state index in [1.165, 1.54) is 13.3 Å². The average Bonchev–Trinajstić information content (AvgIpc) is 2.95. The van der Waals surface area contributed by atoms with Crippen molar-refractivity contribution >= 4 is 5.91 Å². The second kappa shape index (κ2) is 7.73. The number of rotatable bonds is 6. The molecule has 9 heteroatoms. The summed E-state index contributed by atoms with van der Waals surface area (Å²) in [5.41, 5.74) is -0.340. The molecule has 0 aliphatic carbocycles. The van der Waals surface area contributed by atoms with Gasteiger partial charge in [-0.05, 0) is 12.1 Å². The molecule has 0 aromatic carbocycles. The summed E-state index contributed by atoms with van der Waals surface area (Å²) in [5.74, 6) is -0.395. The van der Waals surface area contributed by atoms with Gasteiger partial charge in [0, 0.05) is 43.8 Å². The van der Waals surface area contributed by atoms with Gasteiger partial charge in [-0.2, -0.15) is 0 Å². The van der Waals surface area contributed by atoms with E-state index in [0.29, 0.717) is 6.54 Å². The van der Waals surface area contributed by atoms with Crippen molar-refractivity contribution in [2.45, 2.75) is 18.2 Å². The van der Waals surface area contributed by atoms with Crippen molar-refractivity contribution in [3.8, 4) is 6.01 Å². The number of carbonyl (C=O) groups excluding carboxylic acids is 1. The van der Waals surface area contributed by atoms with Crippen LogP contribution in [-0.4, -0.2) is 74.4 Å².